The Morgan fingerprint density at radius 3 is 2.67 bits per heavy atom. The molecule has 0 radical (unpaired) electrons. The summed E-state index contributed by atoms with van der Waals surface area (Å²) in [6.07, 6.45) is 0. The number of piperazine rings is 1. The van der Waals surface area contributed by atoms with Crippen molar-refractivity contribution in [3.05, 3.63) is 63.1 Å². The highest BCUT2D eigenvalue weighted by atomic mass is 16.5. The molecule has 0 unspecified atom stereocenters. The monoisotopic (exact) mass is 369 g/mol. The standard InChI is InChI=1S/C20H23N3O4/c1-13-9-17(19(25)21-14(13)2)20(26)23-8-7-22(18(24)12-23)11-15-5-4-6-16(10-15)27-3/h4-6,9-10H,7-8,11-12H2,1-3H3,(H,21,25). The summed E-state index contributed by atoms with van der Waals surface area (Å²) in [5, 5.41) is 0. The van der Waals surface area contributed by atoms with Gasteiger partial charge in [-0.25, -0.2) is 0 Å². The molecular formula is C20H23N3O4. The van der Waals surface area contributed by atoms with Gasteiger partial charge in [0.1, 0.15) is 17.9 Å². The summed E-state index contributed by atoms with van der Waals surface area (Å²) in [5.74, 6) is 0.189. The van der Waals surface area contributed by atoms with Gasteiger partial charge in [0.25, 0.3) is 11.5 Å². The lowest BCUT2D eigenvalue weighted by atomic mass is 10.1. The first kappa shape index (κ1) is 18.7. The van der Waals surface area contributed by atoms with Crippen LogP contribution in [-0.4, -0.2) is 53.3 Å². The molecule has 27 heavy (non-hydrogen) atoms. The molecule has 2 amide bonds. The number of rotatable bonds is 4. The summed E-state index contributed by atoms with van der Waals surface area (Å²) in [6.45, 7) is 4.86. The fraction of sp³-hybridized carbons (Fsp3) is 0.350. The van der Waals surface area contributed by atoms with Gasteiger partial charge in [0, 0.05) is 25.3 Å². The van der Waals surface area contributed by atoms with E-state index < -0.39 is 11.5 Å². The van der Waals surface area contributed by atoms with Gasteiger partial charge >= 0.3 is 0 Å². The summed E-state index contributed by atoms with van der Waals surface area (Å²) in [5.41, 5.74) is 2.19. The van der Waals surface area contributed by atoms with Crippen LogP contribution in [0.3, 0.4) is 0 Å². The minimum absolute atomic E-state index is 0.0326. The van der Waals surface area contributed by atoms with Crippen LogP contribution in [0.5, 0.6) is 5.75 Å². The van der Waals surface area contributed by atoms with E-state index in [0.717, 1.165) is 22.6 Å². The highest BCUT2D eigenvalue weighted by molar-refractivity contribution is 5.97. The van der Waals surface area contributed by atoms with Crippen LogP contribution >= 0.6 is 0 Å². The van der Waals surface area contributed by atoms with Crippen LogP contribution in [0.25, 0.3) is 0 Å². The zero-order valence-corrected chi connectivity index (χ0v) is 15.7. The first-order chi connectivity index (χ1) is 12.9. The maximum absolute atomic E-state index is 12.7. The highest BCUT2D eigenvalue weighted by Gasteiger charge is 2.29. The molecule has 1 aromatic carbocycles. The van der Waals surface area contributed by atoms with Gasteiger partial charge in [-0.3, -0.25) is 14.4 Å². The molecule has 2 heterocycles. The van der Waals surface area contributed by atoms with Crippen molar-refractivity contribution in [1.29, 1.82) is 0 Å². The SMILES string of the molecule is COc1cccc(CN2CCN(C(=O)c3cc(C)c(C)[nH]c3=O)CC2=O)c1. The third kappa shape index (κ3) is 4.02. The first-order valence-electron chi connectivity index (χ1n) is 8.79. The van der Waals surface area contributed by atoms with E-state index in [1.165, 1.54) is 4.90 Å². The van der Waals surface area contributed by atoms with Gasteiger partial charge in [-0.1, -0.05) is 12.1 Å². The average Bonchev–Trinajstić information content (AvgIpc) is 2.66. The van der Waals surface area contributed by atoms with Crippen molar-refractivity contribution in [3.8, 4) is 5.75 Å². The molecule has 1 aromatic heterocycles. The summed E-state index contributed by atoms with van der Waals surface area (Å²) in [7, 11) is 1.60. The fourth-order valence-corrected chi connectivity index (χ4v) is 3.10. The Morgan fingerprint density at radius 1 is 1.19 bits per heavy atom. The Balaban J connectivity index is 1.69. The highest BCUT2D eigenvalue weighted by Crippen LogP contribution is 2.16. The van der Waals surface area contributed by atoms with E-state index >= 15 is 0 Å². The van der Waals surface area contributed by atoms with Crippen LogP contribution in [0, 0.1) is 13.8 Å². The molecule has 1 saturated heterocycles. The Bertz CT molecular complexity index is 935. The average molecular weight is 369 g/mol. The summed E-state index contributed by atoms with van der Waals surface area (Å²) < 4.78 is 5.21. The molecule has 3 rings (SSSR count). The van der Waals surface area contributed by atoms with Gasteiger partial charge in [-0.05, 0) is 43.2 Å². The molecule has 7 nitrogen and oxygen atoms in total. The number of ether oxygens (including phenoxy) is 1. The Hall–Kier alpha value is -3.09. The lowest BCUT2D eigenvalue weighted by Gasteiger charge is -2.34. The van der Waals surface area contributed by atoms with E-state index in [0.29, 0.717) is 19.6 Å². The minimum atomic E-state index is -0.422. The van der Waals surface area contributed by atoms with Gasteiger partial charge in [-0.15, -0.1) is 0 Å². The van der Waals surface area contributed by atoms with Gasteiger partial charge in [-0.2, -0.15) is 0 Å². The van der Waals surface area contributed by atoms with Crippen LogP contribution in [0.15, 0.2) is 35.1 Å². The molecule has 2 aromatic rings. The number of methoxy groups -OCH3 is 1. The van der Waals surface area contributed by atoms with Crippen molar-refractivity contribution in [1.82, 2.24) is 14.8 Å². The van der Waals surface area contributed by atoms with Crippen LogP contribution in [-0.2, 0) is 11.3 Å². The van der Waals surface area contributed by atoms with Crippen molar-refractivity contribution in [3.63, 3.8) is 0 Å². The number of H-pyrrole nitrogens is 1. The quantitative estimate of drug-likeness (QED) is 0.885. The van der Waals surface area contributed by atoms with E-state index in [9.17, 15) is 14.4 Å². The lowest BCUT2D eigenvalue weighted by Crippen LogP contribution is -2.52. The number of aromatic nitrogens is 1. The number of aromatic amines is 1. The second-order valence-corrected chi connectivity index (χ2v) is 6.71. The Kier molecular flexibility index (Phi) is 5.30. The predicted molar refractivity (Wildman–Crippen MR) is 101 cm³/mol. The number of pyridine rings is 1. The number of aryl methyl sites for hydroxylation is 2. The van der Waals surface area contributed by atoms with Crippen LogP contribution in [0.4, 0.5) is 0 Å². The van der Waals surface area contributed by atoms with Gasteiger partial charge in [0.05, 0.1) is 7.11 Å². The number of nitrogens with one attached hydrogen (secondary N) is 1. The lowest BCUT2D eigenvalue weighted by molar-refractivity contribution is -0.135. The smallest absolute Gasteiger partial charge is 0.261 e. The minimum Gasteiger partial charge on any atom is -0.497 e. The van der Waals surface area contributed by atoms with Crippen molar-refractivity contribution in [2.24, 2.45) is 0 Å². The molecule has 0 atom stereocenters. The van der Waals surface area contributed by atoms with Crippen LogP contribution in [0.1, 0.15) is 27.2 Å². The second-order valence-electron chi connectivity index (χ2n) is 6.71. The van der Waals surface area contributed by atoms with E-state index in [-0.39, 0.29) is 18.0 Å². The Morgan fingerprint density at radius 2 is 1.96 bits per heavy atom. The molecule has 1 aliphatic heterocycles. The molecule has 1 N–H and O–H groups in total. The molecule has 0 aliphatic carbocycles. The number of hydrogen-bond donors (Lipinski definition) is 1. The fourth-order valence-electron chi connectivity index (χ4n) is 3.10. The van der Waals surface area contributed by atoms with Crippen LogP contribution in [0.2, 0.25) is 0 Å². The zero-order chi connectivity index (χ0) is 19.6. The molecule has 1 aliphatic rings. The number of hydrogen-bond acceptors (Lipinski definition) is 4. The topological polar surface area (TPSA) is 82.7 Å². The predicted octanol–water partition coefficient (Wildman–Crippen LogP) is 1.48. The van der Waals surface area contributed by atoms with E-state index in [1.54, 1.807) is 25.0 Å². The molecule has 0 spiro atoms. The maximum atomic E-state index is 12.7. The van der Waals surface area contributed by atoms with Crippen molar-refractivity contribution in [2.75, 3.05) is 26.7 Å². The number of benzene rings is 1. The van der Waals surface area contributed by atoms with E-state index in [1.807, 2.05) is 31.2 Å². The first-order valence-corrected chi connectivity index (χ1v) is 8.79. The number of carbonyl (C=O) groups excluding carboxylic acids is 2. The molecule has 0 saturated carbocycles. The third-order valence-electron chi connectivity index (χ3n) is 4.84. The van der Waals surface area contributed by atoms with Crippen molar-refractivity contribution >= 4 is 11.8 Å². The maximum Gasteiger partial charge on any atom is 0.261 e. The zero-order valence-electron chi connectivity index (χ0n) is 15.7. The molecule has 0 bridgehead atoms. The summed E-state index contributed by atoms with van der Waals surface area (Å²) >= 11 is 0. The largest absolute Gasteiger partial charge is 0.497 e. The molecule has 1 fully saturated rings. The summed E-state index contributed by atoms with van der Waals surface area (Å²) in [6, 6.07) is 9.14. The Labute approximate surface area is 157 Å². The van der Waals surface area contributed by atoms with E-state index in [4.69, 9.17) is 4.74 Å². The molecule has 142 valence electrons. The van der Waals surface area contributed by atoms with Gasteiger partial charge in [0.15, 0.2) is 0 Å². The van der Waals surface area contributed by atoms with Crippen molar-refractivity contribution < 1.29 is 14.3 Å². The van der Waals surface area contributed by atoms with Gasteiger partial charge in [0.2, 0.25) is 5.91 Å². The van der Waals surface area contributed by atoms with Crippen LogP contribution < -0.4 is 10.3 Å². The second kappa shape index (κ2) is 7.65. The van der Waals surface area contributed by atoms with Gasteiger partial charge < -0.3 is 19.5 Å². The number of carbonyl (C=O) groups is 2. The third-order valence-corrected chi connectivity index (χ3v) is 4.84. The van der Waals surface area contributed by atoms with E-state index in [2.05, 4.69) is 4.98 Å². The number of amides is 2. The molecular weight excluding hydrogens is 346 g/mol. The summed E-state index contributed by atoms with van der Waals surface area (Å²) in [4.78, 5) is 43.2. The molecule has 7 heteroatoms. The normalized spacial score (nSPS) is 14.4. The van der Waals surface area contributed by atoms with Crippen molar-refractivity contribution in [2.45, 2.75) is 20.4 Å². The number of nitrogens with zero attached hydrogens (tertiary/aromatic N) is 2.